The Morgan fingerprint density at radius 3 is 2.31 bits per heavy atom. The molecular formula is C9H17N3O4. The first-order valence-electron chi connectivity index (χ1n) is 4.87. The molecule has 0 fully saturated rings. The Hall–Kier alpha value is -1.79. The van der Waals surface area contributed by atoms with Crippen molar-refractivity contribution in [3.05, 3.63) is 0 Å². The molecule has 92 valence electrons. The zero-order valence-corrected chi connectivity index (χ0v) is 9.61. The molecule has 0 aromatic heterocycles. The van der Waals surface area contributed by atoms with Crippen molar-refractivity contribution < 1.29 is 19.5 Å². The van der Waals surface area contributed by atoms with Crippen molar-refractivity contribution in [1.82, 2.24) is 15.5 Å². The van der Waals surface area contributed by atoms with E-state index < -0.39 is 18.0 Å². The number of nitrogens with one attached hydrogen (secondary N) is 2. The Morgan fingerprint density at radius 1 is 1.38 bits per heavy atom. The third-order valence-electron chi connectivity index (χ3n) is 2.01. The van der Waals surface area contributed by atoms with Crippen LogP contribution < -0.4 is 10.6 Å². The van der Waals surface area contributed by atoms with E-state index in [0.717, 1.165) is 4.90 Å². The minimum Gasteiger partial charge on any atom is -0.480 e. The summed E-state index contributed by atoms with van der Waals surface area (Å²) in [5.41, 5.74) is 0. The maximum Gasteiger partial charge on any atom is 0.326 e. The van der Waals surface area contributed by atoms with Crippen LogP contribution in [0.4, 0.5) is 4.79 Å². The predicted molar refractivity (Wildman–Crippen MR) is 56.9 cm³/mol. The van der Waals surface area contributed by atoms with Crippen LogP contribution in [-0.4, -0.2) is 54.6 Å². The van der Waals surface area contributed by atoms with Crippen LogP contribution in [0.15, 0.2) is 0 Å². The summed E-state index contributed by atoms with van der Waals surface area (Å²) >= 11 is 0. The number of urea groups is 1. The van der Waals surface area contributed by atoms with Crippen molar-refractivity contribution >= 4 is 17.9 Å². The molecule has 7 heteroatoms. The molecule has 0 heterocycles. The van der Waals surface area contributed by atoms with Crippen LogP contribution in [0.1, 0.15) is 13.3 Å². The standard InChI is InChI=1S/C9H17N3O4/c1-4-6(8(14)15)11-9(16)12(3)5-7(13)10-2/h6H,4-5H2,1-3H3,(H,10,13)(H,11,16)(H,14,15). The molecule has 0 aromatic carbocycles. The summed E-state index contributed by atoms with van der Waals surface area (Å²) < 4.78 is 0. The molecule has 0 aliphatic heterocycles. The summed E-state index contributed by atoms with van der Waals surface area (Å²) in [5.74, 6) is -1.41. The summed E-state index contributed by atoms with van der Waals surface area (Å²) in [7, 11) is 2.87. The Labute approximate surface area is 93.8 Å². The fourth-order valence-corrected chi connectivity index (χ4v) is 0.964. The Balaban J connectivity index is 4.23. The molecule has 0 radical (unpaired) electrons. The van der Waals surface area contributed by atoms with Gasteiger partial charge in [0.05, 0.1) is 0 Å². The summed E-state index contributed by atoms with van der Waals surface area (Å²) in [4.78, 5) is 34.2. The third kappa shape index (κ3) is 4.63. The lowest BCUT2D eigenvalue weighted by Gasteiger charge is -2.19. The monoisotopic (exact) mass is 231 g/mol. The van der Waals surface area contributed by atoms with Crippen LogP contribution in [0.2, 0.25) is 0 Å². The number of carbonyl (C=O) groups is 3. The van der Waals surface area contributed by atoms with E-state index in [0.29, 0.717) is 0 Å². The second kappa shape index (κ2) is 6.65. The van der Waals surface area contributed by atoms with E-state index in [9.17, 15) is 14.4 Å². The van der Waals surface area contributed by atoms with E-state index in [1.807, 2.05) is 0 Å². The molecule has 0 saturated carbocycles. The quantitative estimate of drug-likeness (QED) is 0.579. The smallest absolute Gasteiger partial charge is 0.326 e. The highest BCUT2D eigenvalue weighted by Gasteiger charge is 2.20. The fourth-order valence-electron chi connectivity index (χ4n) is 0.964. The third-order valence-corrected chi connectivity index (χ3v) is 2.01. The Kier molecular flexibility index (Phi) is 5.91. The van der Waals surface area contributed by atoms with Gasteiger partial charge in [-0.15, -0.1) is 0 Å². The SMILES string of the molecule is CCC(NC(=O)N(C)CC(=O)NC)C(=O)O. The zero-order chi connectivity index (χ0) is 12.7. The number of hydrogen-bond donors (Lipinski definition) is 3. The minimum atomic E-state index is -1.09. The van der Waals surface area contributed by atoms with Gasteiger partial charge >= 0.3 is 12.0 Å². The molecule has 0 bridgehead atoms. The molecule has 3 amide bonds. The van der Waals surface area contributed by atoms with Gasteiger partial charge in [0.2, 0.25) is 5.91 Å². The molecule has 0 aliphatic rings. The van der Waals surface area contributed by atoms with Crippen LogP contribution in [-0.2, 0) is 9.59 Å². The van der Waals surface area contributed by atoms with Crippen LogP contribution >= 0.6 is 0 Å². The van der Waals surface area contributed by atoms with E-state index in [4.69, 9.17) is 5.11 Å². The van der Waals surface area contributed by atoms with Gasteiger partial charge in [-0.3, -0.25) is 4.79 Å². The molecule has 7 nitrogen and oxygen atoms in total. The highest BCUT2D eigenvalue weighted by Crippen LogP contribution is 1.93. The number of likely N-dealkylation sites (N-methyl/N-ethyl adjacent to an activating group) is 2. The molecule has 0 aromatic rings. The average molecular weight is 231 g/mol. The second-order valence-corrected chi connectivity index (χ2v) is 3.28. The molecule has 16 heavy (non-hydrogen) atoms. The van der Waals surface area contributed by atoms with Crippen molar-refractivity contribution in [3.63, 3.8) is 0 Å². The maximum atomic E-state index is 11.4. The normalized spacial score (nSPS) is 11.4. The van der Waals surface area contributed by atoms with Crippen molar-refractivity contribution in [2.75, 3.05) is 20.6 Å². The van der Waals surface area contributed by atoms with Crippen molar-refractivity contribution in [3.8, 4) is 0 Å². The fraction of sp³-hybridized carbons (Fsp3) is 0.667. The topological polar surface area (TPSA) is 98.7 Å². The first kappa shape index (κ1) is 14.2. The number of nitrogens with zero attached hydrogens (tertiary/aromatic N) is 1. The van der Waals surface area contributed by atoms with Gasteiger partial charge in [-0.2, -0.15) is 0 Å². The highest BCUT2D eigenvalue weighted by atomic mass is 16.4. The molecule has 3 N–H and O–H groups in total. The van der Waals surface area contributed by atoms with Crippen molar-refractivity contribution in [1.29, 1.82) is 0 Å². The summed E-state index contributed by atoms with van der Waals surface area (Å²) in [6.07, 6.45) is 0.287. The van der Waals surface area contributed by atoms with Gasteiger partial charge in [-0.25, -0.2) is 9.59 Å². The molecule has 0 saturated heterocycles. The molecule has 1 atom stereocenters. The van der Waals surface area contributed by atoms with Crippen LogP contribution in [0.5, 0.6) is 0 Å². The molecule has 0 aliphatic carbocycles. The zero-order valence-electron chi connectivity index (χ0n) is 9.61. The average Bonchev–Trinajstić information content (AvgIpc) is 2.24. The van der Waals surface area contributed by atoms with E-state index in [2.05, 4.69) is 10.6 Å². The van der Waals surface area contributed by atoms with Gasteiger partial charge in [0.25, 0.3) is 0 Å². The second-order valence-electron chi connectivity index (χ2n) is 3.28. The van der Waals surface area contributed by atoms with Gasteiger partial charge in [-0.1, -0.05) is 6.92 Å². The van der Waals surface area contributed by atoms with Crippen molar-refractivity contribution in [2.24, 2.45) is 0 Å². The molecule has 1 unspecified atom stereocenters. The number of rotatable bonds is 5. The lowest BCUT2D eigenvalue weighted by molar-refractivity contribution is -0.139. The van der Waals surface area contributed by atoms with E-state index >= 15 is 0 Å². The summed E-state index contributed by atoms with van der Waals surface area (Å²) in [6, 6.07) is -1.52. The van der Waals surface area contributed by atoms with Crippen LogP contribution in [0.25, 0.3) is 0 Å². The van der Waals surface area contributed by atoms with Crippen LogP contribution in [0, 0.1) is 0 Å². The minimum absolute atomic E-state index is 0.113. The largest absolute Gasteiger partial charge is 0.480 e. The number of hydrogen-bond acceptors (Lipinski definition) is 3. The Bertz CT molecular complexity index is 280. The van der Waals surface area contributed by atoms with Crippen LogP contribution in [0.3, 0.4) is 0 Å². The maximum absolute atomic E-state index is 11.4. The van der Waals surface area contributed by atoms with Gasteiger partial charge in [0, 0.05) is 14.1 Å². The lowest BCUT2D eigenvalue weighted by Crippen LogP contribution is -2.48. The first-order valence-corrected chi connectivity index (χ1v) is 4.87. The van der Waals surface area contributed by atoms with E-state index in [1.165, 1.54) is 14.1 Å². The van der Waals surface area contributed by atoms with Gasteiger partial charge in [-0.05, 0) is 6.42 Å². The highest BCUT2D eigenvalue weighted by molar-refractivity contribution is 5.86. The summed E-state index contributed by atoms with van der Waals surface area (Å²) in [5, 5.41) is 13.4. The number of carboxylic acids is 1. The van der Waals surface area contributed by atoms with Gasteiger partial charge < -0.3 is 20.6 Å². The van der Waals surface area contributed by atoms with Gasteiger partial charge in [0.15, 0.2) is 0 Å². The first-order chi connectivity index (χ1) is 7.42. The molecule has 0 spiro atoms. The number of carboxylic acid groups (broad SMARTS) is 1. The van der Waals surface area contributed by atoms with Gasteiger partial charge in [0.1, 0.15) is 12.6 Å². The number of carbonyl (C=O) groups excluding carboxylic acids is 2. The van der Waals surface area contributed by atoms with E-state index in [1.54, 1.807) is 6.92 Å². The molecular weight excluding hydrogens is 214 g/mol. The number of aliphatic carboxylic acids is 1. The number of amides is 3. The van der Waals surface area contributed by atoms with Crippen molar-refractivity contribution in [2.45, 2.75) is 19.4 Å². The predicted octanol–water partition coefficient (Wildman–Crippen LogP) is -0.763. The Morgan fingerprint density at radius 2 is 1.94 bits per heavy atom. The molecule has 0 rings (SSSR count). The summed E-state index contributed by atoms with van der Waals surface area (Å²) in [6.45, 7) is 1.54. The lowest BCUT2D eigenvalue weighted by atomic mass is 10.2. The van der Waals surface area contributed by atoms with E-state index in [-0.39, 0.29) is 18.9 Å².